The third kappa shape index (κ3) is 8.91. The third-order valence-corrected chi connectivity index (χ3v) is 23.2. The van der Waals surface area contributed by atoms with E-state index in [1.54, 1.807) is 0 Å². The molecule has 106 heavy (non-hydrogen) atoms. The molecule has 22 rings (SSSR count). The topological polar surface area (TPSA) is 77.3 Å². The summed E-state index contributed by atoms with van der Waals surface area (Å²) in [5.74, 6) is 1.29. The van der Waals surface area contributed by atoms with Gasteiger partial charge in [-0.05, 0) is 166 Å². The molecular formula is C100H62N6. The number of hydrogen-bond donors (Lipinski definition) is 0. The average molecular weight is 1350 g/mol. The minimum absolute atomic E-state index is 0.499. The van der Waals surface area contributed by atoms with Gasteiger partial charge in [-0.25, -0.2) is 19.9 Å². The van der Waals surface area contributed by atoms with Crippen LogP contribution in [0.15, 0.2) is 346 Å². The summed E-state index contributed by atoms with van der Waals surface area (Å²) in [6, 6.07) is 120. The number of rotatable bonds is 9. The Hall–Kier alpha value is -13.7. The number of fused-ring (bicyclic) bond motifs is 22. The fourth-order valence-corrected chi connectivity index (χ4v) is 18.4. The van der Waals surface area contributed by atoms with E-state index in [9.17, 15) is 0 Å². The molecule has 2 spiro atoms. The molecule has 0 radical (unpaired) electrons. The summed E-state index contributed by atoms with van der Waals surface area (Å²) in [6.07, 6.45) is 10.3. The van der Waals surface area contributed by atoms with Gasteiger partial charge in [-0.15, -0.1) is 0 Å². The van der Waals surface area contributed by atoms with Crippen molar-refractivity contribution < 1.29 is 0 Å². The Balaban J connectivity index is 0.641. The number of pyridine rings is 2. The number of aromatic nitrogens is 6. The maximum atomic E-state index is 5.54. The van der Waals surface area contributed by atoms with E-state index in [0.717, 1.165) is 113 Å². The van der Waals surface area contributed by atoms with Crippen LogP contribution < -0.4 is 0 Å². The second-order valence-electron chi connectivity index (χ2n) is 28.6. The second-order valence-corrected chi connectivity index (χ2v) is 28.6. The molecule has 5 aliphatic rings. The lowest BCUT2D eigenvalue weighted by Gasteiger charge is -2.30. The molecule has 0 N–H and O–H groups in total. The van der Waals surface area contributed by atoms with E-state index in [1.807, 2.05) is 12.4 Å². The van der Waals surface area contributed by atoms with Crippen molar-refractivity contribution in [3.8, 4) is 146 Å². The molecule has 0 atom stereocenters. The van der Waals surface area contributed by atoms with Gasteiger partial charge in [0.25, 0.3) is 0 Å². The maximum absolute atomic E-state index is 5.54. The summed E-state index contributed by atoms with van der Waals surface area (Å²) in [6.45, 7) is 0. The first-order valence-corrected chi connectivity index (χ1v) is 36.6. The van der Waals surface area contributed by atoms with E-state index in [2.05, 4.69) is 340 Å². The van der Waals surface area contributed by atoms with Gasteiger partial charge in [0.2, 0.25) is 0 Å². The van der Waals surface area contributed by atoms with Crippen LogP contribution >= 0.6 is 0 Å². The van der Waals surface area contributed by atoms with Gasteiger partial charge >= 0.3 is 0 Å². The minimum Gasteiger partial charge on any atom is -0.256 e. The standard InChI is InChI=1S/C100H62N6/c1-3-19-73-63(17-1)53-55-101-95(73)67-41-37-65(38-42-67)91-59-93(71-49-51-81-79-25-9-15-31-87(79)99(89(81)57-71)83-27-11-5-21-75(83)76-22-6-12-28-84(76)99)105-97(103-91)69-45-33-61(34-46-69)62-35-47-70(48-36-62)98-104-92(66-39-43-68(44-40-66)96-74-20-4-2-18-64(74)54-56-102-96)60-94(106-98)72-50-52-82-80-26-10-16-32-88(80)100(90(82)58-72)85-29-13-7-23-77(85)78-24-8-14-30-86(78)100/h1-3,5-19,21-60H,4,20H2. The van der Waals surface area contributed by atoms with Gasteiger partial charge in [0.05, 0.1) is 45.0 Å². The van der Waals surface area contributed by atoms with Crippen molar-refractivity contribution in [2.45, 2.75) is 23.7 Å². The second kappa shape index (κ2) is 23.4. The Bertz CT molecular complexity index is 6430. The van der Waals surface area contributed by atoms with Crippen LogP contribution in [-0.2, 0) is 17.3 Å². The highest BCUT2D eigenvalue weighted by atomic mass is 14.9. The predicted octanol–water partition coefficient (Wildman–Crippen LogP) is 23.9. The van der Waals surface area contributed by atoms with Crippen LogP contribution in [0.4, 0.5) is 0 Å². The Kier molecular flexibility index (Phi) is 13.3. The normalized spacial score (nSPS) is 13.7. The summed E-state index contributed by atoms with van der Waals surface area (Å²) >= 11 is 0. The Morgan fingerprint density at radius 2 is 0.575 bits per heavy atom. The van der Waals surface area contributed by atoms with Crippen molar-refractivity contribution in [3.05, 3.63) is 402 Å². The molecule has 6 nitrogen and oxygen atoms in total. The molecule has 0 amide bonds. The monoisotopic (exact) mass is 1350 g/mol. The molecule has 0 aliphatic heterocycles. The highest BCUT2D eigenvalue weighted by Crippen LogP contribution is 2.65. The number of benzene rings is 13. The van der Waals surface area contributed by atoms with Crippen LogP contribution in [0.3, 0.4) is 0 Å². The van der Waals surface area contributed by atoms with Crippen molar-refractivity contribution in [2.24, 2.45) is 0 Å². The summed E-state index contributed by atoms with van der Waals surface area (Å²) in [7, 11) is 0. The lowest BCUT2D eigenvalue weighted by molar-refractivity contribution is 0.794. The number of allylic oxidation sites excluding steroid dienone is 1. The Morgan fingerprint density at radius 3 is 1.02 bits per heavy atom. The zero-order chi connectivity index (χ0) is 69.6. The lowest BCUT2D eigenvalue weighted by atomic mass is 9.70. The molecule has 492 valence electrons. The summed E-state index contributed by atoms with van der Waals surface area (Å²) in [5.41, 5.74) is 37.5. The number of nitrogens with zero attached hydrogens (tertiary/aromatic N) is 6. The summed E-state index contributed by atoms with van der Waals surface area (Å²) in [5, 5.41) is 2.27. The molecule has 6 heteroatoms. The van der Waals surface area contributed by atoms with Gasteiger partial charge in [0, 0.05) is 62.3 Å². The smallest absolute Gasteiger partial charge is 0.160 e. The first kappa shape index (κ1) is 60.0. The van der Waals surface area contributed by atoms with Crippen LogP contribution in [0, 0.1) is 0 Å². The molecule has 0 saturated heterocycles. The van der Waals surface area contributed by atoms with Crippen LogP contribution in [0.25, 0.3) is 163 Å². The highest BCUT2D eigenvalue weighted by molar-refractivity contribution is 5.99. The molecule has 13 aromatic carbocycles. The maximum Gasteiger partial charge on any atom is 0.160 e. The molecule has 0 bridgehead atoms. The van der Waals surface area contributed by atoms with Gasteiger partial charge in [0.1, 0.15) is 0 Å². The first-order valence-electron chi connectivity index (χ1n) is 36.6. The molecule has 0 fully saturated rings. The van der Waals surface area contributed by atoms with Crippen molar-refractivity contribution in [2.75, 3.05) is 0 Å². The van der Waals surface area contributed by atoms with E-state index in [1.165, 1.54) is 100 Å². The molecule has 5 aliphatic carbocycles. The molecule has 17 aromatic rings. The fourth-order valence-electron chi connectivity index (χ4n) is 18.4. The van der Waals surface area contributed by atoms with E-state index in [0.29, 0.717) is 11.6 Å². The SMILES string of the molecule is C1=Cc2ccnc(-c3ccc(-c4cc(-c5ccc6c(c5)C5(c7ccccc7-c7ccccc75)c5ccccc5-6)nc(-c5ccc(-c6ccc(-c7nc(-c8ccc(-c9nccc%10ccccc9%10)cc8)cc(-c8ccc9c(c8)C8(c%10ccccc%10-c%10ccccc%108)c8ccccc8-9)n7)cc6)cc5)n4)cc3)c2CC1. The molecule has 0 unspecified atom stereocenters. The zero-order valence-electron chi connectivity index (χ0n) is 57.6. The average Bonchev–Trinajstić information content (AvgIpc) is 1.51. The van der Waals surface area contributed by atoms with Crippen LogP contribution in [0.2, 0.25) is 0 Å². The van der Waals surface area contributed by atoms with E-state index < -0.39 is 10.8 Å². The fraction of sp³-hybridized carbons (Fsp3) is 0.0400. The van der Waals surface area contributed by atoms with Crippen LogP contribution in [0.1, 0.15) is 62.1 Å². The first-order chi connectivity index (χ1) is 52.5. The van der Waals surface area contributed by atoms with Gasteiger partial charge in [-0.3, -0.25) is 9.97 Å². The lowest BCUT2D eigenvalue weighted by Crippen LogP contribution is -2.25. The third-order valence-electron chi connectivity index (χ3n) is 23.2. The van der Waals surface area contributed by atoms with Gasteiger partial charge in [-0.2, -0.15) is 0 Å². The molecule has 0 saturated carbocycles. The molecule has 4 heterocycles. The summed E-state index contributed by atoms with van der Waals surface area (Å²) in [4.78, 5) is 31.8. The minimum atomic E-state index is -0.502. The quantitative estimate of drug-likeness (QED) is 0.143. The van der Waals surface area contributed by atoms with E-state index in [-0.39, 0.29) is 0 Å². The van der Waals surface area contributed by atoms with Crippen molar-refractivity contribution in [3.63, 3.8) is 0 Å². The largest absolute Gasteiger partial charge is 0.256 e. The van der Waals surface area contributed by atoms with Crippen molar-refractivity contribution in [1.29, 1.82) is 0 Å². The molecular weight excluding hydrogens is 1290 g/mol. The predicted molar refractivity (Wildman–Crippen MR) is 430 cm³/mol. The Labute approximate surface area is 614 Å². The van der Waals surface area contributed by atoms with Gasteiger partial charge in [0.15, 0.2) is 11.6 Å². The van der Waals surface area contributed by atoms with E-state index in [4.69, 9.17) is 29.9 Å². The zero-order valence-corrected chi connectivity index (χ0v) is 57.6. The van der Waals surface area contributed by atoms with Crippen molar-refractivity contribution in [1.82, 2.24) is 29.9 Å². The van der Waals surface area contributed by atoms with Crippen LogP contribution in [-0.4, -0.2) is 29.9 Å². The van der Waals surface area contributed by atoms with Gasteiger partial charge in [-0.1, -0.05) is 303 Å². The van der Waals surface area contributed by atoms with E-state index >= 15 is 0 Å². The van der Waals surface area contributed by atoms with Crippen molar-refractivity contribution >= 4 is 16.8 Å². The van der Waals surface area contributed by atoms with Crippen LogP contribution in [0.5, 0.6) is 0 Å². The van der Waals surface area contributed by atoms with Gasteiger partial charge < -0.3 is 0 Å². The molecule has 4 aromatic heterocycles. The Morgan fingerprint density at radius 1 is 0.245 bits per heavy atom. The highest BCUT2D eigenvalue weighted by Gasteiger charge is 2.53. The number of hydrogen-bond acceptors (Lipinski definition) is 6. The summed E-state index contributed by atoms with van der Waals surface area (Å²) < 4.78 is 0.